The molecule has 0 radical (unpaired) electrons. The van der Waals surface area contributed by atoms with Crippen LogP contribution >= 0.6 is 0 Å². The molecule has 0 fully saturated rings. The summed E-state index contributed by atoms with van der Waals surface area (Å²) in [4.78, 5) is 21.4. The minimum absolute atomic E-state index is 0.406. The van der Waals surface area contributed by atoms with Gasteiger partial charge in [-0.05, 0) is 39.0 Å². The van der Waals surface area contributed by atoms with E-state index in [1.807, 2.05) is 0 Å². The van der Waals surface area contributed by atoms with Gasteiger partial charge in [-0.2, -0.15) is 8.42 Å². The monoisotopic (exact) mass is 319 g/mol. The van der Waals surface area contributed by atoms with E-state index in [2.05, 4.69) is 5.32 Å². The van der Waals surface area contributed by atoms with Crippen molar-refractivity contribution in [3.63, 3.8) is 0 Å². The van der Waals surface area contributed by atoms with Gasteiger partial charge in [-0.1, -0.05) is 0 Å². The molecule has 2 N–H and O–H groups in total. The Morgan fingerprint density at radius 1 is 1.29 bits per heavy atom. The molecule has 0 unspecified atom stereocenters. The van der Waals surface area contributed by atoms with Crippen LogP contribution < -0.4 is 5.32 Å². The first-order valence-electron chi connectivity index (χ1n) is 5.72. The van der Waals surface area contributed by atoms with Crippen LogP contribution in [-0.2, 0) is 15.0 Å². The van der Waals surface area contributed by atoms with Crippen LogP contribution in [0.25, 0.3) is 0 Å². The number of nitrogens with one attached hydrogen (secondary N) is 1. The minimum Gasteiger partial charge on any atom is -0.478 e. The maximum Gasteiger partial charge on any atom is 0.412 e. The van der Waals surface area contributed by atoms with Crippen molar-refractivity contribution in [1.29, 1.82) is 0 Å². The third-order valence-electron chi connectivity index (χ3n) is 2.13. The van der Waals surface area contributed by atoms with E-state index in [0.717, 1.165) is 12.1 Å². The van der Waals surface area contributed by atoms with Crippen LogP contribution in [0, 0.1) is 0 Å². The Bertz CT molecular complexity index is 677. The normalized spacial score (nSPS) is 11.8. The van der Waals surface area contributed by atoms with E-state index in [4.69, 9.17) is 9.84 Å². The molecule has 1 aromatic rings. The molecule has 1 aromatic carbocycles. The van der Waals surface area contributed by atoms with Crippen LogP contribution in [0.2, 0.25) is 0 Å². The minimum atomic E-state index is -5.21. The summed E-state index contributed by atoms with van der Waals surface area (Å²) in [6, 6.07) is 2.62. The Morgan fingerprint density at radius 3 is 2.29 bits per heavy atom. The van der Waals surface area contributed by atoms with E-state index in [1.54, 1.807) is 20.8 Å². The molecule has 0 aliphatic carbocycles. The maximum atomic E-state index is 13.2. The van der Waals surface area contributed by atoms with Gasteiger partial charge in [0, 0.05) is 0 Å². The predicted octanol–water partition coefficient (Wildman–Crippen LogP) is 2.39. The van der Waals surface area contributed by atoms with Gasteiger partial charge < -0.3 is 9.84 Å². The van der Waals surface area contributed by atoms with Crippen LogP contribution in [0.1, 0.15) is 31.1 Å². The van der Waals surface area contributed by atoms with Gasteiger partial charge in [0.15, 0.2) is 0 Å². The number of carboxylic acids is 1. The Balaban J connectivity index is 3.19. The lowest BCUT2D eigenvalue weighted by Gasteiger charge is -2.20. The molecule has 0 heterocycles. The number of aromatic carboxylic acids is 1. The topological polar surface area (TPSA) is 110 Å². The van der Waals surface area contributed by atoms with Crippen molar-refractivity contribution < 1.29 is 31.7 Å². The zero-order valence-corrected chi connectivity index (χ0v) is 12.3. The van der Waals surface area contributed by atoms with Gasteiger partial charge in [0.25, 0.3) is 0 Å². The lowest BCUT2D eigenvalue weighted by molar-refractivity contribution is 0.0634. The molecule has 0 aliphatic heterocycles. The van der Waals surface area contributed by atoms with Gasteiger partial charge in [0.1, 0.15) is 10.5 Å². The van der Waals surface area contributed by atoms with Crippen molar-refractivity contribution >= 4 is 28.0 Å². The SMILES string of the molecule is CC(C)(C)OC(=O)Nc1ccc(C(=O)O)cc1S(=O)(=O)F. The van der Waals surface area contributed by atoms with E-state index < -0.39 is 44.0 Å². The lowest BCUT2D eigenvalue weighted by atomic mass is 10.2. The quantitative estimate of drug-likeness (QED) is 0.828. The van der Waals surface area contributed by atoms with Gasteiger partial charge in [0.05, 0.1) is 11.3 Å². The third-order valence-corrected chi connectivity index (χ3v) is 2.99. The molecule has 9 heteroatoms. The lowest BCUT2D eigenvalue weighted by Crippen LogP contribution is -2.27. The van der Waals surface area contributed by atoms with Crippen LogP contribution in [0.3, 0.4) is 0 Å². The molecule has 7 nitrogen and oxygen atoms in total. The summed E-state index contributed by atoms with van der Waals surface area (Å²) < 4.78 is 40.2. The molecule has 1 rings (SSSR count). The first-order chi connectivity index (χ1) is 9.40. The second kappa shape index (κ2) is 5.68. The average molecular weight is 319 g/mol. The maximum absolute atomic E-state index is 13.2. The molecule has 0 saturated heterocycles. The number of carbonyl (C=O) groups is 2. The fourth-order valence-corrected chi connectivity index (χ4v) is 2.02. The molecule has 21 heavy (non-hydrogen) atoms. The van der Waals surface area contributed by atoms with Crippen LogP contribution in [0.5, 0.6) is 0 Å². The third kappa shape index (κ3) is 5.03. The molecule has 0 spiro atoms. The summed E-state index contributed by atoms with van der Waals surface area (Å²) in [5, 5.41) is 10.8. The van der Waals surface area contributed by atoms with Crippen LogP contribution in [-0.4, -0.2) is 31.2 Å². The first-order valence-corrected chi connectivity index (χ1v) is 7.10. The standard InChI is InChI=1S/C12H14FNO6S/c1-12(2,3)20-11(17)14-8-5-4-7(10(15)16)6-9(8)21(13,18)19/h4-6H,1-3H3,(H,14,17)(H,15,16). The number of halogens is 1. The molecule has 0 atom stereocenters. The molecule has 0 aromatic heterocycles. The molecule has 0 aliphatic rings. The number of hydrogen-bond acceptors (Lipinski definition) is 5. The van der Waals surface area contributed by atoms with Crippen molar-refractivity contribution in [3.05, 3.63) is 23.8 Å². The summed E-state index contributed by atoms with van der Waals surface area (Å²) in [6.07, 6.45) is -0.990. The number of rotatable bonds is 3. The first kappa shape index (κ1) is 16.9. The van der Waals surface area contributed by atoms with Crippen LogP contribution in [0.15, 0.2) is 23.1 Å². The second-order valence-electron chi connectivity index (χ2n) is 5.08. The van der Waals surface area contributed by atoms with Crippen molar-refractivity contribution in [2.45, 2.75) is 31.3 Å². The molecule has 0 saturated carbocycles. The van der Waals surface area contributed by atoms with Crippen molar-refractivity contribution in [2.75, 3.05) is 5.32 Å². The van der Waals surface area contributed by atoms with Gasteiger partial charge in [-0.15, -0.1) is 3.89 Å². The number of ether oxygens (including phenoxy) is 1. The highest BCUT2D eigenvalue weighted by molar-refractivity contribution is 7.86. The summed E-state index contributed by atoms with van der Waals surface area (Å²) in [5.74, 6) is -1.43. The van der Waals surface area contributed by atoms with Gasteiger partial charge in [-0.25, -0.2) is 9.59 Å². The smallest absolute Gasteiger partial charge is 0.412 e. The second-order valence-corrected chi connectivity index (χ2v) is 6.40. The van der Waals surface area contributed by atoms with Gasteiger partial charge in [-0.3, -0.25) is 5.32 Å². The summed E-state index contributed by atoms with van der Waals surface area (Å²) in [7, 11) is -5.21. The Hall–Kier alpha value is -2.16. The zero-order chi connectivity index (χ0) is 16.4. The summed E-state index contributed by atoms with van der Waals surface area (Å²) in [5.41, 5.74) is -1.67. The van der Waals surface area contributed by atoms with E-state index in [-0.39, 0.29) is 0 Å². The van der Waals surface area contributed by atoms with Crippen molar-refractivity contribution in [1.82, 2.24) is 0 Å². The number of benzene rings is 1. The Kier molecular flexibility index (Phi) is 4.57. The highest BCUT2D eigenvalue weighted by atomic mass is 32.3. The van der Waals surface area contributed by atoms with Crippen molar-refractivity contribution in [2.24, 2.45) is 0 Å². The molecule has 116 valence electrons. The van der Waals surface area contributed by atoms with Gasteiger partial charge >= 0.3 is 22.3 Å². The summed E-state index contributed by atoms with van der Waals surface area (Å²) in [6.45, 7) is 4.77. The van der Waals surface area contributed by atoms with E-state index >= 15 is 0 Å². The highest BCUT2D eigenvalue weighted by Gasteiger charge is 2.23. The number of carbonyl (C=O) groups excluding carboxylic acids is 1. The Morgan fingerprint density at radius 2 is 1.86 bits per heavy atom. The van der Waals surface area contributed by atoms with E-state index in [0.29, 0.717) is 6.07 Å². The number of anilines is 1. The number of hydrogen-bond donors (Lipinski definition) is 2. The summed E-state index contributed by atoms with van der Waals surface area (Å²) >= 11 is 0. The van der Waals surface area contributed by atoms with E-state index in [1.165, 1.54) is 0 Å². The Labute approximate surface area is 120 Å². The number of amides is 1. The molecular weight excluding hydrogens is 305 g/mol. The van der Waals surface area contributed by atoms with Crippen LogP contribution in [0.4, 0.5) is 14.4 Å². The number of carboxylic acid groups (broad SMARTS) is 1. The highest BCUT2D eigenvalue weighted by Crippen LogP contribution is 2.25. The van der Waals surface area contributed by atoms with E-state index in [9.17, 15) is 21.9 Å². The largest absolute Gasteiger partial charge is 0.478 e. The predicted molar refractivity (Wildman–Crippen MR) is 71.6 cm³/mol. The van der Waals surface area contributed by atoms with Crippen molar-refractivity contribution in [3.8, 4) is 0 Å². The fraction of sp³-hybridized carbons (Fsp3) is 0.333. The molecular formula is C12H14FNO6S. The average Bonchev–Trinajstić information content (AvgIpc) is 2.24. The molecule has 0 bridgehead atoms. The fourth-order valence-electron chi connectivity index (χ4n) is 1.37. The van der Waals surface area contributed by atoms with Gasteiger partial charge in [0.2, 0.25) is 0 Å². The molecule has 1 amide bonds. The zero-order valence-electron chi connectivity index (χ0n) is 11.5.